The van der Waals surface area contributed by atoms with Crippen LogP contribution >= 0.6 is 0 Å². The highest BCUT2D eigenvalue weighted by atomic mass is 19.1. The Kier molecular flexibility index (Phi) is 4.16. The van der Waals surface area contributed by atoms with Crippen molar-refractivity contribution in [3.8, 4) is 39.6 Å². The van der Waals surface area contributed by atoms with Crippen LogP contribution in [0.1, 0.15) is 23.5 Å². The third-order valence-corrected chi connectivity index (χ3v) is 6.70. The number of pyridine rings is 1. The number of fused-ring (bicyclic) bond motifs is 3. The van der Waals surface area contributed by atoms with Crippen LogP contribution in [0, 0.1) is 30.9 Å². The molecular formula is C33H24FN2O+. The van der Waals surface area contributed by atoms with E-state index in [-0.39, 0.29) is 5.69 Å². The lowest BCUT2D eigenvalue weighted by molar-refractivity contribution is -0.661. The standard InChI is InChI=1S/C33H24FN2O/c1-20-12-14-27-31-25(18-35)13-15-26(24-11-7-10-23(16-24)22-8-5-4-6-9-22)32(31)37-33(27)30(20)29-17-28(34)21(2)19-36(29)3/h4-17,19H,1-3H3/q+1/i2D3,17D,19D. The van der Waals surface area contributed by atoms with Gasteiger partial charge < -0.3 is 4.42 Å². The van der Waals surface area contributed by atoms with E-state index in [9.17, 15) is 5.26 Å². The van der Waals surface area contributed by atoms with E-state index in [1.807, 2.05) is 66.7 Å². The third kappa shape index (κ3) is 3.68. The Morgan fingerprint density at radius 2 is 1.70 bits per heavy atom. The van der Waals surface area contributed by atoms with Crippen molar-refractivity contribution in [3.05, 3.63) is 114 Å². The molecule has 0 atom stereocenters. The van der Waals surface area contributed by atoms with Gasteiger partial charge in [0, 0.05) is 32.1 Å². The van der Waals surface area contributed by atoms with Crippen molar-refractivity contribution in [2.75, 3.05) is 0 Å². The van der Waals surface area contributed by atoms with Gasteiger partial charge in [0.25, 0.3) is 0 Å². The maximum Gasteiger partial charge on any atom is 0.219 e. The molecule has 4 heteroatoms. The van der Waals surface area contributed by atoms with Crippen molar-refractivity contribution < 1.29 is 20.2 Å². The van der Waals surface area contributed by atoms with Crippen LogP contribution in [0.5, 0.6) is 0 Å². The van der Waals surface area contributed by atoms with Crippen LogP contribution in [0.2, 0.25) is 0 Å². The Morgan fingerprint density at radius 1 is 0.919 bits per heavy atom. The lowest BCUT2D eigenvalue weighted by atomic mass is 9.95. The third-order valence-electron chi connectivity index (χ3n) is 6.70. The second-order valence-electron chi connectivity index (χ2n) is 8.99. The topological polar surface area (TPSA) is 40.8 Å². The van der Waals surface area contributed by atoms with E-state index >= 15 is 4.39 Å². The molecule has 0 fully saturated rings. The minimum absolute atomic E-state index is 0.0128. The van der Waals surface area contributed by atoms with E-state index in [1.165, 1.54) is 11.6 Å². The van der Waals surface area contributed by atoms with Gasteiger partial charge in [-0.15, -0.1) is 0 Å². The van der Waals surface area contributed by atoms with Crippen molar-refractivity contribution in [3.63, 3.8) is 0 Å². The summed E-state index contributed by atoms with van der Waals surface area (Å²) in [7, 11) is 1.44. The number of rotatable bonds is 3. The number of benzene rings is 4. The summed E-state index contributed by atoms with van der Waals surface area (Å²) in [5.74, 6) is -1.27. The summed E-state index contributed by atoms with van der Waals surface area (Å²) in [6.07, 6.45) is -0.554. The molecule has 37 heavy (non-hydrogen) atoms. The van der Waals surface area contributed by atoms with Gasteiger partial charge in [-0.05, 0) is 54.2 Å². The van der Waals surface area contributed by atoms with Gasteiger partial charge in [0.1, 0.15) is 25.4 Å². The first-order valence-electron chi connectivity index (χ1n) is 14.3. The molecule has 0 radical (unpaired) electrons. The van der Waals surface area contributed by atoms with E-state index in [0.717, 1.165) is 22.3 Å². The van der Waals surface area contributed by atoms with Gasteiger partial charge in [0.2, 0.25) is 5.69 Å². The number of hydrogen-bond acceptors (Lipinski definition) is 2. The molecule has 178 valence electrons. The summed E-state index contributed by atoms with van der Waals surface area (Å²) >= 11 is 0. The average molecular weight is 489 g/mol. The van der Waals surface area contributed by atoms with Crippen molar-refractivity contribution in [2.45, 2.75) is 13.8 Å². The number of furan rings is 1. The largest absolute Gasteiger partial charge is 0.454 e. The fourth-order valence-corrected chi connectivity index (χ4v) is 4.91. The summed E-state index contributed by atoms with van der Waals surface area (Å²) in [5.41, 5.74) is 5.05. The van der Waals surface area contributed by atoms with Crippen molar-refractivity contribution >= 4 is 21.9 Å². The van der Waals surface area contributed by atoms with Gasteiger partial charge in [-0.2, -0.15) is 5.26 Å². The van der Waals surface area contributed by atoms with Crippen LogP contribution in [-0.4, -0.2) is 0 Å². The number of aromatic nitrogens is 1. The Balaban J connectivity index is 1.68. The molecule has 4 aromatic carbocycles. The first-order valence-corrected chi connectivity index (χ1v) is 11.8. The van der Waals surface area contributed by atoms with E-state index in [1.54, 1.807) is 19.1 Å². The van der Waals surface area contributed by atoms with Crippen LogP contribution in [0.15, 0.2) is 95.5 Å². The molecule has 2 heterocycles. The molecule has 2 aromatic heterocycles. The molecule has 0 bridgehead atoms. The molecule has 0 N–H and O–H groups in total. The van der Waals surface area contributed by atoms with Crippen molar-refractivity contribution in [1.82, 2.24) is 0 Å². The molecule has 6 rings (SSSR count). The second kappa shape index (κ2) is 8.72. The molecule has 6 aromatic rings. The summed E-state index contributed by atoms with van der Waals surface area (Å²) in [6, 6.07) is 26.7. The molecule has 0 unspecified atom stereocenters. The number of aryl methyl sites for hydroxylation is 1. The Bertz CT molecular complexity index is 2060. The van der Waals surface area contributed by atoms with Crippen molar-refractivity contribution in [2.24, 2.45) is 7.05 Å². The second-order valence-corrected chi connectivity index (χ2v) is 8.99. The first kappa shape index (κ1) is 17.6. The molecule has 3 nitrogen and oxygen atoms in total. The molecule has 0 amide bonds. The maximum absolute atomic E-state index is 15.4. The molecule has 0 aliphatic heterocycles. The highest BCUT2D eigenvalue weighted by Crippen LogP contribution is 2.42. The number of nitriles is 1. The molecule has 0 saturated heterocycles. The minimum Gasteiger partial charge on any atom is -0.454 e. The van der Waals surface area contributed by atoms with E-state index < -0.39 is 30.4 Å². The number of nitrogens with zero attached hydrogens (tertiary/aromatic N) is 2. The molecule has 0 spiro atoms. The lowest BCUT2D eigenvalue weighted by Gasteiger charge is -2.07. The van der Waals surface area contributed by atoms with Crippen LogP contribution in [0.4, 0.5) is 4.39 Å². The molecule has 0 saturated carbocycles. The maximum atomic E-state index is 15.4. The molecule has 0 aliphatic rings. The van der Waals surface area contributed by atoms with Gasteiger partial charge in [0.05, 0.1) is 18.6 Å². The summed E-state index contributed by atoms with van der Waals surface area (Å²) in [6.45, 7) is -1.13. The SMILES string of the molecule is [2H]c1c(F)c(C([2H])([2H])[2H])c([2H])[n+](C)c1-c1c(C)ccc2c1oc1c(-c3cccc(-c4ccccc4)c3)ccc(C#N)c12. The van der Waals surface area contributed by atoms with Crippen molar-refractivity contribution in [1.29, 1.82) is 5.26 Å². The highest BCUT2D eigenvalue weighted by molar-refractivity contribution is 6.15. The zero-order chi connectivity index (χ0) is 29.9. The summed E-state index contributed by atoms with van der Waals surface area (Å²) in [5, 5.41) is 11.2. The fraction of sp³-hybridized carbons (Fsp3) is 0.0909. The average Bonchev–Trinajstić information content (AvgIpc) is 3.36. The monoisotopic (exact) mass is 488 g/mol. The zero-order valence-electron chi connectivity index (χ0n) is 25.2. The molecular weight excluding hydrogens is 459 g/mol. The minimum atomic E-state index is -2.90. The van der Waals surface area contributed by atoms with Crippen LogP contribution in [0.25, 0.3) is 55.4 Å². The fourth-order valence-electron chi connectivity index (χ4n) is 4.91. The Morgan fingerprint density at radius 3 is 2.49 bits per heavy atom. The van der Waals surface area contributed by atoms with Crippen LogP contribution < -0.4 is 4.57 Å². The van der Waals surface area contributed by atoms with Gasteiger partial charge in [-0.3, -0.25) is 0 Å². The van der Waals surface area contributed by atoms with Gasteiger partial charge in [-0.25, -0.2) is 8.96 Å². The Labute approximate surface area is 221 Å². The highest BCUT2D eigenvalue weighted by Gasteiger charge is 2.24. The zero-order valence-corrected chi connectivity index (χ0v) is 20.2. The van der Waals surface area contributed by atoms with Gasteiger partial charge >= 0.3 is 0 Å². The van der Waals surface area contributed by atoms with E-state index in [2.05, 4.69) is 6.07 Å². The predicted molar refractivity (Wildman–Crippen MR) is 145 cm³/mol. The quantitative estimate of drug-likeness (QED) is 0.237. The van der Waals surface area contributed by atoms with Crippen LogP contribution in [0.3, 0.4) is 0 Å². The molecule has 0 aliphatic carbocycles. The Hall–Kier alpha value is -4.75. The smallest absolute Gasteiger partial charge is 0.219 e. The number of halogens is 1. The normalized spacial score (nSPS) is 13.5. The van der Waals surface area contributed by atoms with E-state index in [0.29, 0.717) is 38.6 Å². The van der Waals surface area contributed by atoms with Crippen LogP contribution in [-0.2, 0) is 7.05 Å². The predicted octanol–water partition coefficient (Wildman–Crippen LogP) is 8.04. The lowest BCUT2D eigenvalue weighted by Crippen LogP contribution is -2.31. The van der Waals surface area contributed by atoms with Gasteiger partial charge in [-0.1, -0.05) is 60.7 Å². The van der Waals surface area contributed by atoms with Gasteiger partial charge in [0.15, 0.2) is 6.17 Å². The summed E-state index contributed by atoms with van der Waals surface area (Å²) < 4.78 is 63.4. The first-order chi connectivity index (χ1) is 20.0. The number of hydrogen-bond donors (Lipinski definition) is 0. The van der Waals surface area contributed by atoms with E-state index in [4.69, 9.17) is 11.3 Å². The summed E-state index contributed by atoms with van der Waals surface area (Å²) in [4.78, 5) is 0.